The molecule has 3 amide bonds. The lowest BCUT2D eigenvalue weighted by atomic mass is 9.81. The highest BCUT2D eigenvalue weighted by atomic mass is 19.3. The SMILES string of the molecule is CN1CCN(CCN2C(=O)N3C(c4cccc(O)c4)c4[nH]c5ccc(OC(F)F)cc5c4CC3(C)C2=O)CC1. The number of likely N-dealkylation sites (N-methyl/N-ethyl adjacent to an activating group) is 1. The molecule has 1 aromatic heterocycles. The predicted octanol–water partition coefficient (Wildman–Crippen LogP) is 3.39. The van der Waals surface area contributed by atoms with Gasteiger partial charge in [-0.1, -0.05) is 12.1 Å². The summed E-state index contributed by atoms with van der Waals surface area (Å²) in [6, 6.07) is 10.2. The molecule has 4 heterocycles. The first kappa shape index (κ1) is 25.6. The minimum Gasteiger partial charge on any atom is -0.508 e. The molecular formula is C28H31F2N5O4. The number of urea groups is 1. The molecular weight excluding hydrogens is 508 g/mol. The third kappa shape index (κ3) is 4.29. The average Bonchev–Trinajstić information content (AvgIpc) is 3.33. The summed E-state index contributed by atoms with van der Waals surface area (Å²) in [5.41, 5.74) is 1.57. The number of H-pyrrole nitrogens is 1. The molecule has 0 radical (unpaired) electrons. The molecule has 6 rings (SSSR count). The summed E-state index contributed by atoms with van der Waals surface area (Å²) in [5, 5.41) is 10.9. The number of aromatic hydroxyl groups is 1. The molecule has 0 saturated carbocycles. The van der Waals surface area contributed by atoms with Crippen molar-refractivity contribution in [2.24, 2.45) is 0 Å². The summed E-state index contributed by atoms with van der Waals surface area (Å²) >= 11 is 0. The molecule has 9 nitrogen and oxygen atoms in total. The summed E-state index contributed by atoms with van der Waals surface area (Å²) in [5.74, 6) is -0.231. The van der Waals surface area contributed by atoms with Gasteiger partial charge in [0.1, 0.15) is 23.1 Å². The van der Waals surface area contributed by atoms with Gasteiger partial charge in [-0.2, -0.15) is 8.78 Å². The number of carbonyl (C=O) groups is 2. The van der Waals surface area contributed by atoms with Crippen LogP contribution in [0.4, 0.5) is 13.6 Å². The second-order valence-corrected chi connectivity index (χ2v) is 10.8. The van der Waals surface area contributed by atoms with Crippen molar-refractivity contribution in [1.29, 1.82) is 0 Å². The van der Waals surface area contributed by atoms with E-state index in [0.717, 1.165) is 31.7 Å². The van der Waals surface area contributed by atoms with Crippen LogP contribution in [0, 0.1) is 0 Å². The topological polar surface area (TPSA) is 92.4 Å². The van der Waals surface area contributed by atoms with Gasteiger partial charge in [0, 0.05) is 62.3 Å². The predicted molar refractivity (Wildman–Crippen MR) is 140 cm³/mol. The second-order valence-electron chi connectivity index (χ2n) is 10.8. The molecule has 2 unspecified atom stereocenters. The van der Waals surface area contributed by atoms with E-state index in [1.165, 1.54) is 11.0 Å². The zero-order chi connectivity index (χ0) is 27.5. The molecule has 11 heteroatoms. The molecule has 2 fully saturated rings. The molecule has 0 spiro atoms. The highest BCUT2D eigenvalue weighted by Crippen LogP contribution is 2.49. The number of aromatic nitrogens is 1. The number of hydrogen-bond acceptors (Lipinski definition) is 6. The van der Waals surface area contributed by atoms with E-state index < -0.39 is 18.2 Å². The lowest BCUT2D eigenvalue weighted by molar-refractivity contribution is -0.133. The minimum atomic E-state index is -2.96. The molecule has 2 N–H and O–H groups in total. The highest BCUT2D eigenvalue weighted by Gasteiger charge is 2.60. The fourth-order valence-electron chi connectivity index (χ4n) is 6.22. The number of fused-ring (bicyclic) bond motifs is 4. The molecule has 39 heavy (non-hydrogen) atoms. The van der Waals surface area contributed by atoms with Crippen molar-refractivity contribution in [1.82, 2.24) is 24.6 Å². The molecule has 2 saturated heterocycles. The number of nitrogens with zero attached hydrogens (tertiary/aromatic N) is 4. The van der Waals surface area contributed by atoms with Gasteiger partial charge in [-0.15, -0.1) is 0 Å². The lowest BCUT2D eigenvalue weighted by Gasteiger charge is -2.42. The first-order valence-electron chi connectivity index (χ1n) is 13.1. The van der Waals surface area contributed by atoms with Gasteiger partial charge in [0.2, 0.25) is 0 Å². The average molecular weight is 540 g/mol. The lowest BCUT2D eigenvalue weighted by Crippen LogP contribution is -2.53. The highest BCUT2D eigenvalue weighted by molar-refractivity contribution is 6.08. The van der Waals surface area contributed by atoms with E-state index in [4.69, 9.17) is 0 Å². The summed E-state index contributed by atoms with van der Waals surface area (Å²) in [4.78, 5) is 38.8. The number of aromatic amines is 1. The van der Waals surface area contributed by atoms with Crippen LogP contribution < -0.4 is 4.74 Å². The van der Waals surface area contributed by atoms with E-state index >= 15 is 0 Å². The van der Waals surface area contributed by atoms with Crippen LogP contribution >= 0.6 is 0 Å². The van der Waals surface area contributed by atoms with Crippen LogP contribution in [0.25, 0.3) is 10.9 Å². The number of hydrogen-bond donors (Lipinski definition) is 2. The molecule has 3 aromatic rings. The van der Waals surface area contributed by atoms with E-state index in [1.54, 1.807) is 48.2 Å². The maximum absolute atomic E-state index is 14.0. The summed E-state index contributed by atoms with van der Waals surface area (Å²) < 4.78 is 30.6. The van der Waals surface area contributed by atoms with Gasteiger partial charge in [0.25, 0.3) is 5.91 Å². The van der Waals surface area contributed by atoms with E-state index in [0.29, 0.717) is 28.7 Å². The van der Waals surface area contributed by atoms with Crippen LogP contribution in [-0.2, 0) is 11.2 Å². The van der Waals surface area contributed by atoms with Crippen LogP contribution in [0.5, 0.6) is 11.5 Å². The largest absolute Gasteiger partial charge is 0.508 e. The van der Waals surface area contributed by atoms with Gasteiger partial charge in [-0.05, 0) is 55.4 Å². The molecule has 0 bridgehead atoms. The molecule has 0 aliphatic carbocycles. The van der Waals surface area contributed by atoms with Gasteiger partial charge >= 0.3 is 12.6 Å². The van der Waals surface area contributed by atoms with Crippen molar-refractivity contribution in [2.45, 2.75) is 31.5 Å². The van der Waals surface area contributed by atoms with Crippen LogP contribution in [0.15, 0.2) is 42.5 Å². The standard InChI is InChI=1S/C28H31F2N5O4/c1-28-16-21-20-15-19(39-26(29)30)6-7-22(20)31-23(21)24(17-4-3-5-18(36)14-17)35(28)27(38)34(25(28)37)13-12-33-10-8-32(2)9-11-33/h3-7,14-15,24,26,31,36H,8-13,16H2,1-2H3. The third-order valence-electron chi connectivity index (χ3n) is 8.28. The van der Waals surface area contributed by atoms with Crippen LogP contribution in [0.2, 0.25) is 0 Å². The maximum Gasteiger partial charge on any atom is 0.387 e. The van der Waals surface area contributed by atoms with Gasteiger partial charge in [0.05, 0.1) is 0 Å². The molecule has 3 aliphatic rings. The first-order valence-corrected chi connectivity index (χ1v) is 13.1. The number of ether oxygens (including phenoxy) is 1. The molecule has 3 aliphatic heterocycles. The monoisotopic (exact) mass is 539 g/mol. The Morgan fingerprint density at radius 2 is 1.87 bits per heavy atom. The number of rotatable bonds is 6. The van der Waals surface area contributed by atoms with Gasteiger partial charge in [-0.3, -0.25) is 19.5 Å². The Labute approximate surface area is 224 Å². The summed E-state index contributed by atoms with van der Waals surface area (Å²) in [6.07, 6.45) is 0.214. The number of imide groups is 1. The van der Waals surface area contributed by atoms with Crippen LogP contribution in [-0.4, -0.2) is 100 Å². The molecule has 2 atom stereocenters. The van der Waals surface area contributed by atoms with Gasteiger partial charge < -0.3 is 19.7 Å². The number of carbonyl (C=O) groups excluding carboxylic acids is 2. The van der Waals surface area contributed by atoms with Crippen LogP contribution in [0.1, 0.15) is 29.8 Å². The zero-order valence-corrected chi connectivity index (χ0v) is 21.9. The van der Waals surface area contributed by atoms with E-state index in [2.05, 4.69) is 26.6 Å². The Bertz CT molecular complexity index is 1440. The van der Waals surface area contributed by atoms with Crippen molar-refractivity contribution in [2.75, 3.05) is 46.3 Å². The van der Waals surface area contributed by atoms with E-state index in [9.17, 15) is 23.5 Å². The number of halogens is 2. The Kier molecular flexibility index (Phi) is 6.22. The summed E-state index contributed by atoms with van der Waals surface area (Å²) in [6.45, 7) is 3.29. The van der Waals surface area contributed by atoms with Crippen molar-refractivity contribution in [3.8, 4) is 11.5 Å². The number of piperazine rings is 1. The number of nitrogens with one attached hydrogen (secondary N) is 1. The normalized spacial score (nSPS) is 24.1. The second kappa shape index (κ2) is 9.49. The Balaban J connectivity index is 1.41. The van der Waals surface area contributed by atoms with Crippen molar-refractivity contribution < 1.29 is 28.2 Å². The van der Waals surface area contributed by atoms with E-state index in [1.807, 2.05) is 0 Å². The fourth-order valence-corrected chi connectivity index (χ4v) is 6.22. The van der Waals surface area contributed by atoms with E-state index in [-0.39, 0.29) is 36.4 Å². The van der Waals surface area contributed by atoms with Crippen molar-refractivity contribution in [3.63, 3.8) is 0 Å². The molecule has 2 aromatic carbocycles. The number of benzene rings is 2. The number of amides is 3. The maximum atomic E-state index is 14.0. The Hall–Kier alpha value is -3.70. The smallest absolute Gasteiger partial charge is 0.387 e. The number of alkyl halides is 2. The van der Waals surface area contributed by atoms with Gasteiger partial charge in [-0.25, -0.2) is 4.79 Å². The minimum absolute atomic E-state index is 0.0171. The zero-order valence-electron chi connectivity index (χ0n) is 21.9. The Morgan fingerprint density at radius 1 is 1.10 bits per heavy atom. The van der Waals surface area contributed by atoms with Crippen molar-refractivity contribution >= 4 is 22.8 Å². The third-order valence-corrected chi connectivity index (χ3v) is 8.28. The van der Waals surface area contributed by atoms with Gasteiger partial charge in [0.15, 0.2) is 0 Å². The quantitative estimate of drug-likeness (QED) is 0.467. The number of phenols is 1. The fraction of sp³-hybridized carbons (Fsp3) is 0.429. The van der Waals surface area contributed by atoms with Crippen LogP contribution in [0.3, 0.4) is 0 Å². The first-order chi connectivity index (χ1) is 18.7. The van der Waals surface area contributed by atoms with Crippen molar-refractivity contribution in [3.05, 3.63) is 59.3 Å². The molecule has 206 valence electrons. The Morgan fingerprint density at radius 3 is 2.59 bits per heavy atom. The number of phenolic OH excluding ortho intramolecular Hbond substituents is 1. The summed E-state index contributed by atoms with van der Waals surface area (Å²) in [7, 11) is 2.08.